The lowest BCUT2D eigenvalue weighted by Gasteiger charge is -2.08. The largest absolute Gasteiger partial charge is 0.340 e. The Kier molecular flexibility index (Phi) is 3.19. The van der Waals surface area contributed by atoms with Crippen molar-refractivity contribution < 1.29 is 0 Å². The third-order valence-electron chi connectivity index (χ3n) is 2.73. The Morgan fingerprint density at radius 2 is 2.10 bits per heavy atom. The van der Waals surface area contributed by atoms with Gasteiger partial charge in [0.25, 0.3) is 5.78 Å². The minimum Gasteiger partial charge on any atom is -0.340 e. The maximum Gasteiger partial charge on any atom is 0.255 e. The van der Waals surface area contributed by atoms with Crippen LogP contribution in [0.1, 0.15) is 5.56 Å². The van der Waals surface area contributed by atoms with E-state index < -0.39 is 0 Å². The molecule has 0 spiro atoms. The third-order valence-corrected chi connectivity index (χ3v) is 2.92. The first kappa shape index (κ1) is 12.4. The molecule has 2 heterocycles. The van der Waals surface area contributed by atoms with E-state index in [1.54, 1.807) is 10.6 Å². The van der Waals surface area contributed by atoms with Gasteiger partial charge in [-0.2, -0.15) is 24.8 Å². The summed E-state index contributed by atoms with van der Waals surface area (Å²) in [5.74, 6) is 1.10. The molecule has 1 aromatic carbocycles. The fourth-order valence-corrected chi connectivity index (χ4v) is 2.00. The Balaban J connectivity index is 1.93. The molecule has 1 N–H and O–H groups in total. The zero-order valence-electron chi connectivity index (χ0n) is 10.3. The predicted octanol–water partition coefficient (Wildman–Crippen LogP) is 2.59. The molecule has 0 saturated carbocycles. The van der Waals surface area contributed by atoms with Crippen molar-refractivity contribution in [2.75, 3.05) is 5.32 Å². The number of anilines is 2. The summed E-state index contributed by atoms with van der Waals surface area (Å²) < 4.78 is 1.56. The Morgan fingerprint density at radius 3 is 2.85 bits per heavy atom. The molecule has 0 aliphatic rings. The second-order valence-corrected chi connectivity index (χ2v) is 4.48. The van der Waals surface area contributed by atoms with Gasteiger partial charge in [-0.15, -0.1) is 0 Å². The van der Waals surface area contributed by atoms with Crippen LogP contribution >= 0.6 is 11.6 Å². The lowest BCUT2D eigenvalue weighted by Crippen LogP contribution is -2.01. The van der Waals surface area contributed by atoms with Crippen molar-refractivity contribution >= 4 is 28.9 Å². The summed E-state index contributed by atoms with van der Waals surface area (Å²) in [4.78, 5) is 8.06. The van der Waals surface area contributed by atoms with E-state index in [-0.39, 0.29) is 0 Å². The predicted molar refractivity (Wildman–Crippen MR) is 74.8 cm³/mol. The number of fused-ring (bicyclic) bond motifs is 1. The third kappa shape index (κ3) is 2.39. The lowest BCUT2D eigenvalue weighted by molar-refractivity contribution is 0.947. The number of hydrogen-bond acceptors (Lipinski definition) is 5. The van der Waals surface area contributed by atoms with Crippen LogP contribution in [0.15, 0.2) is 36.7 Å². The topological polar surface area (TPSA) is 78.9 Å². The van der Waals surface area contributed by atoms with E-state index in [2.05, 4.69) is 26.5 Å². The van der Waals surface area contributed by atoms with Gasteiger partial charge in [-0.3, -0.25) is 0 Å². The highest BCUT2D eigenvalue weighted by Crippen LogP contribution is 2.20. The van der Waals surface area contributed by atoms with Gasteiger partial charge in [-0.05, 0) is 17.7 Å². The number of nitrogens with zero attached hydrogens (tertiary/aromatic N) is 5. The number of benzene rings is 1. The van der Waals surface area contributed by atoms with Crippen LogP contribution in [-0.4, -0.2) is 19.6 Å². The summed E-state index contributed by atoms with van der Waals surface area (Å²) in [5.41, 5.74) is 1.84. The smallest absolute Gasteiger partial charge is 0.255 e. The highest BCUT2D eigenvalue weighted by Gasteiger charge is 2.06. The molecule has 7 heteroatoms. The number of nitrogens with one attached hydrogen (secondary N) is 1. The molecular formula is C13H9ClN6. The Bertz CT molecular complexity index is 787. The highest BCUT2D eigenvalue weighted by molar-refractivity contribution is 6.29. The molecular weight excluding hydrogens is 276 g/mol. The number of aromatic nitrogens is 4. The SMILES string of the molecule is N#CCc1ccc(Nc2cc(Cl)nc3ncnn23)cc1. The maximum atomic E-state index is 8.64. The van der Waals surface area contributed by atoms with Gasteiger partial charge >= 0.3 is 0 Å². The fraction of sp³-hybridized carbons (Fsp3) is 0.0769. The molecule has 0 radical (unpaired) electrons. The van der Waals surface area contributed by atoms with Crippen LogP contribution in [0.3, 0.4) is 0 Å². The first-order valence-electron chi connectivity index (χ1n) is 5.85. The van der Waals surface area contributed by atoms with Gasteiger partial charge in [-0.25, -0.2) is 0 Å². The number of nitriles is 1. The van der Waals surface area contributed by atoms with E-state index >= 15 is 0 Å². The van der Waals surface area contributed by atoms with E-state index in [1.807, 2.05) is 24.3 Å². The van der Waals surface area contributed by atoms with Gasteiger partial charge < -0.3 is 5.32 Å². The molecule has 0 aliphatic carbocycles. The van der Waals surface area contributed by atoms with Gasteiger partial charge in [-0.1, -0.05) is 23.7 Å². The summed E-state index contributed by atoms with van der Waals surface area (Å²) in [6.45, 7) is 0. The first-order chi connectivity index (χ1) is 9.76. The van der Waals surface area contributed by atoms with Crippen molar-refractivity contribution in [3.05, 3.63) is 47.4 Å². The minimum atomic E-state index is 0.342. The summed E-state index contributed by atoms with van der Waals surface area (Å²) in [5, 5.41) is 16.3. The molecule has 0 fully saturated rings. The summed E-state index contributed by atoms with van der Waals surface area (Å²) in [6.07, 6.45) is 1.81. The molecule has 98 valence electrons. The second kappa shape index (κ2) is 5.15. The first-order valence-corrected chi connectivity index (χ1v) is 6.23. The van der Waals surface area contributed by atoms with E-state index in [9.17, 15) is 0 Å². The lowest BCUT2D eigenvalue weighted by atomic mass is 10.1. The van der Waals surface area contributed by atoms with Gasteiger partial charge in [0.15, 0.2) is 0 Å². The van der Waals surface area contributed by atoms with Crippen LogP contribution in [0.2, 0.25) is 5.15 Å². The standard InChI is InChI=1S/C13H9ClN6/c14-11-7-12(20-13(19-11)16-8-17-20)18-10-3-1-9(2-4-10)5-6-15/h1-4,7-8,18H,5H2. The van der Waals surface area contributed by atoms with E-state index in [0.29, 0.717) is 23.2 Å². The Morgan fingerprint density at radius 1 is 1.30 bits per heavy atom. The van der Waals surface area contributed by atoms with Crippen molar-refractivity contribution in [3.63, 3.8) is 0 Å². The maximum absolute atomic E-state index is 8.64. The molecule has 0 amide bonds. The molecule has 0 aliphatic heterocycles. The summed E-state index contributed by atoms with van der Waals surface area (Å²) >= 11 is 5.95. The van der Waals surface area contributed by atoms with E-state index in [0.717, 1.165) is 11.3 Å². The minimum absolute atomic E-state index is 0.342. The normalized spacial score (nSPS) is 10.4. The van der Waals surface area contributed by atoms with Crippen molar-refractivity contribution in [2.45, 2.75) is 6.42 Å². The van der Waals surface area contributed by atoms with Crippen molar-refractivity contribution in [1.29, 1.82) is 5.26 Å². The van der Waals surface area contributed by atoms with Crippen molar-refractivity contribution in [1.82, 2.24) is 19.6 Å². The van der Waals surface area contributed by atoms with Crippen LogP contribution in [0, 0.1) is 11.3 Å². The molecule has 0 bridgehead atoms. The van der Waals surface area contributed by atoms with Crippen LogP contribution in [-0.2, 0) is 6.42 Å². The Hall–Kier alpha value is -2.65. The van der Waals surface area contributed by atoms with Crippen LogP contribution in [0.4, 0.5) is 11.5 Å². The van der Waals surface area contributed by atoms with E-state index in [4.69, 9.17) is 16.9 Å². The molecule has 6 nitrogen and oxygen atoms in total. The zero-order valence-corrected chi connectivity index (χ0v) is 11.0. The molecule has 2 aromatic heterocycles. The number of hydrogen-bond donors (Lipinski definition) is 1. The Labute approximate surface area is 119 Å². The van der Waals surface area contributed by atoms with Gasteiger partial charge in [0.2, 0.25) is 0 Å². The van der Waals surface area contributed by atoms with Gasteiger partial charge in [0.05, 0.1) is 12.5 Å². The molecule has 0 unspecified atom stereocenters. The van der Waals surface area contributed by atoms with E-state index in [1.165, 1.54) is 6.33 Å². The zero-order chi connectivity index (χ0) is 13.9. The van der Waals surface area contributed by atoms with Crippen LogP contribution in [0.25, 0.3) is 5.78 Å². The second-order valence-electron chi connectivity index (χ2n) is 4.09. The van der Waals surface area contributed by atoms with Crippen LogP contribution < -0.4 is 5.32 Å². The number of halogens is 1. The molecule has 0 saturated heterocycles. The van der Waals surface area contributed by atoms with Crippen molar-refractivity contribution in [3.8, 4) is 6.07 Å². The quantitative estimate of drug-likeness (QED) is 0.748. The fourth-order valence-electron chi connectivity index (χ4n) is 1.82. The highest BCUT2D eigenvalue weighted by atomic mass is 35.5. The van der Waals surface area contributed by atoms with Gasteiger partial charge in [0.1, 0.15) is 17.3 Å². The summed E-state index contributed by atoms with van der Waals surface area (Å²) in [7, 11) is 0. The number of rotatable bonds is 3. The monoisotopic (exact) mass is 284 g/mol. The van der Waals surface area contributed by atoms with Crippen LogP contribution in [0.5, 0.6) is 0 Å². The molecule has 20 heavy (non-hydrogen) atoms. The van der Waals surface area contributed by atoms with Crippen molar-refractivity contribution in [2.24, 2.45) is 0 Å². The average Bonchev–Trinajstić information content (AvgIpc) is 2.89. The summed E-state index contributed by atoms with van der Waals surface area (Å²) in [6, 6.07) is 11.4. The molecule has 0 atom stereocenters. The molecule has 3 aromatic rings. The molecule has 3 rings (SSSR count). The average molecular weight is 285 g/mol. The van der Waals surface area contributed by atoms with Gasteiger partial charge in [0, 0.05) is 11.8 Å².